The maximum Gasteiger partial charge on any atom is 0.0621 e. The highest BCUT2D eigenvalue weighted by atomic mass is 16.5. The zero-order chi connectivity index (χ0) is 8.69. The van der Waals surface area contributed by atoms with Crippen LogP contribution in [0.5, 0.6) is 0 Å². The number of hydrogen-bond donors (Lipinski definition) is 1. The second-order valence-corrected chi connectivity index (χ2v) is 2.94. The summed E-state index contributed by atoms with van der Waals surface area (Å²) in [5.74, 6) is 0.701. The highest BCUT2D eigenvalue weighted by molar-refractivity contribution is 4.69. The van der Waals surface area contributed by atoms with Crippen molar-refractivity contribution in [3.8, 4) is 0 Å². The number of likely N-dealkylation sites (N-methyl/N-ethyl adjacent to an activating group) is 1. The molecule has 2 unspecified atom stereocenters. The monoisotopic (exact) mass is 159 g/mol. The minimum Gasteiger partial charge on any atom is -0.380 e. The summed E-state index contributed by atoms with van der Waals surface area (Å²) in [6.45, 7) is 8.14. The fourth-order valence-corrected chi connectivity index (χ4v) is 1.06. The molecule has 11 heavy (non-hydrogen) atoms. The van der Waals surface area contributed by atoms with Gasteiger partial charge in [-0.05, 0) is 19.9 Å². The van der Waals surface area contributed by atoms with Crippen molar-refractivity contribution >= 4 is 0 Å². The van der Waals surface area contributed by atoms with Crippen molar-refractivity contribution in [3.63, 3.8) is 0 Å². The molecular weight excluding hydrogens is 138 g/mol. The first-order chi connectivity index (χ1) is 5.26. The van der Waals surface area contributed by atoms with Crippen molar-refractivity contribution in [2.75, 3.05) is 20.3 Å². The molecule has 0 aliphatic heterocycles. The van der Waals surface area contributed by atoms with Gasteiger partial charge in [0.15, 0.2) is 0 Å². The van der Waals surface area contributed by atoms with Crippen LogP contribution in [0.25, 0.3) is 0 Å². The van der Waals surface area contributed by atoms with Gasteiger partial charge in [0, 0.05) is 12.6 Å². The predicted molar refractivity (Wildman–Crippen MR) is 48.8 cm³/mol. The molecule has 2 atom stereocenters. The molecule has 0 aliphatic carbocycles. The zero-order valence-corrected chi connectivity index (χ0v) is 8.18. The van der Waals surface area contributed by atoms with Crippen molar-refractivity contribution < 1.29 is 4.74 Å². The summed E-state index contributed by atoms with van der Waals surface area (Å²) in [5.41, 5.74) is 0. The van der Waals surface area contributed by atoms with Crippen LogP contribution in [0, 0.1) is 5.92 Å². The van der Waals surface area contributed by atoms with Crippen LogP contribution in [0.15, 0.2) is 0 Å². The van der Waals surface area contributed by atoms with E-state index in [0.717, 1.165) is 13.2 Å². The smallest absolute Gasteiger partial charge is 0.0621 e. The summed E-state index contributed by atoms with van der Waals surface area (Å²) in [4.78, 5) is 0. The molecular formula is C9H21NO. The van der Waals surface area contributed by atoms with Crippen LogP contribution >= 0.6 is 0 Å². The SMILES string of the molecule is CCOCC(NC)C(C)CC. The summed E-state index contributed by atoms with van der Waals surface area (Å²) in [7, 11) is 2.00. The number of ether oxygens (including phenoxy) is 1. The van der Waals surface area contributed by atoms with E-state index in [9.17, 15) is 0 Å². The Morgan fingerprint density at radius 1 is 1.36 bits per heavy atom. The van der Waals surface area contributed by atoms with E-state index in [2.05, 4.69) is 19.2 Å². The van der Waals surface area contributed by atoms with Crippen molar-refractivity contribution in [1.82, 2.24) is 5.32 Å². The van der Waals surface area contributed by atoms with Gasteiger partial charge < -0.3 is 10.1 Å². The van der Waals surface area contributed by atoms with Gasteiger partial charge in [0.1, 0.15) is 0 Å². The Morgan fingerprint density at radius 2 is 2.00 bits per heavy atom. The molecule has 0 aromatic heterocycles. The second kappa shape index (κ2) is 6.62. The van der Waals surface area contributed by atoms with Gasteiger partial charge in [0.05, 0.1) is 6.61 Å². The van der Waals surface area contributed by atoms with E-state index < -0.39 is 0 Å². The zero-order valence-electron chi connectivity index (χ0n) is 8.18. The second-order valence-electron chi connectivity index (χ2n) is 2.94. The van der Waals surface area contributed by atoms with Crippen molar-refractivity contribution in [2.24, 2.45) is 5.92 Å². The Hall–Kier alpha value is -0.0800. The third-order valence-corrected chi connectivity index (χ3v) is 2.20. The van der Waals surface area contributed by atoms with E-state index in [4.69, 9.17) is 4.74 Å². The van der Waals surface area contributed by atoms with Crippen LogP contribution in [0.3, 0.4) is 0 Å². The molecule has 0 radical (unpaired) electrons. The molecule has 0 fully saturated rings. The molecule has 0 aromatic carbocycles. The van der Waals surface area contributed by atoms with E-state index in [1.807, 2.05) is 14.0 Å². The molecule has 0 bridgehead atoms. The highest BCUT2D eigenvalue weighted by Crippen LogP contribution is 2.07. The lowest BCUT2D eigenvalue weighted by molar-refractivity contribution is 0.108. The molecule has 68 valence electrons. The fourth-order valence-electron chi connectivity index (χ4n) is 1.06. The first-order valence-corrected chi connectivity index (χ1v) is 4.51. The summed E-state index contributed by atoms with van der Waals surface area (Å²) >= 11 is 0. The molecule has 0 saturated heterocycles. The molecule has 1 N–H and O–H groups in total. The molecule has 0 amide bonds. The predicted octanol–water partition coefficient (Wildman–Crippen LogP) is 1.66. The maximum atomic E-state index is 5.35. The average Bonchev–Trinajstić information content (AvgIpc) is 2.05. The van der Waals surface area contributed by atoms with Gasteiger partial charge in [-0.25, -0.2) is 0 Å². The van der Waals surface area contributed by atoms with Crippen molar-refractivity contribution in [1.29, 1.82) is 0 Å². The summed E-state index contributed by atoms with van der Waals surface area (Å²) < 4.78 is 5.35. The third kappa shape index (κ3) is 4.38. The van der Waals surface area contributed by atoms with E-state index >= 15 is 0 Å². The summed E-state index contributed by atoms with van der Waals surface area (Å²) in [5, 5.41) is 3.26. The minimum atomic E-state index is 0.514. The normalized spacial score (nSPS) is 16.4. The minimum absolute atomic E-state index is 0.514. The van der Waals surface area contributed by atoms with Gasteiger partial charge in [-0.2, -0.15) is 0 Å². The average molecular weight is 159 g/mol. The lowest BCUT2D eigenvalue weighted by Crippen LogP contribution is -2.36. The van der Waals surface area contributed by atoms with Gasteiger partial charge in [0.25, 0.3) is 0 Å². The van der Waals surface area contributed by atoms with Crippen LogP contribution in [0.4, 0.5) is 0 Å². The van der Waals surface area contributed by atoms with Gasteiger partial charge in [-0.3, -0.25) is 0 Å². The van der Waals surface area contributed by atoms with Crippen LogP contribution < -0.4 is 5.32 Å². The molecule has 0 heterocycles. The summed E-state index contributed by atoms with van der Waals surface area (Å²) in [6.07, 6.45) is 1.21. The molecule has 0 rings (SSSR count). The standard InChI is InChI=1S/C9H21NO/c1-5-8(3)9(10-4)7-11-6-2/h8-10H,5-7H2,1-4H3. The fraction of sp³-hybridized carbons (Fsp3) is 1.00. The van der Waals surface area contributed by atoms with Crippen molar-refractivity contribution in [3.05, 3.63) is 0 Å². The maximum absolute atomic E-state index is 5.35. The van der Waals surface area contributed by atoms with Gasteiger partial charge in [-0.15, -0.1) is 0 Å². The molecule has 0 spiro atoms. The largest absolute Gasteiger partial charge is 0.380 e. The number of rotatable bonds is 6. The van der Waals surface area contributed by atoms with Crippen LogP contribution in [-0.2, 0) is 4.74 Å². The third-order valence-electron chi connectivity index (χ3n) is 2.20. The Balaban J connectivity index is 3.56. The van der Waals surface area contributed by atoms with Crippen LogP contribution in [0.1, 0.15) is 27.2 Å². The molecule has 0 saturated carbocycles. The Bertz CT molecular complexity index is 85.6. The number of hydrogen-bond acceptors (Lipinski definition) is 2. The first-order valence-electron chi connectivity index (χ1n) is 4.51. The molecule has 2 nitrogen and oxygen atoms in total. The number of nitrogens with one attached hydrogen (secondary N) is 1. The van der Waals surface area contributed by atoms with E-state index in [0.29, 0.717) is 12.0 Å². The highest BCUT2D eigenvalue weighted by Gasteiger charge is 2.12. The topological polar surface area (TPSA) is 21.3 Å². The Kier molecular flexibility index (Phi) is 6.57. The van der Waals surface area contributed by atoms with E-state index in [1.54, 1.807) is 0 Å². The van der Waals surface area contributed by atoms with Crippen LogP contribution in [-0.4, -0.2) is 26.3 Å². The first kappa shape index (κ1) is 10.9. The van der Waals surface area contributed by atoms with Gasteiger partial charge >= 0.3 is 0 Å². The lowest BCUT2D eigenvalue weighted by atomic mass is 10.0. The molecule has 0 aliphatic rings. The summed E-state index contributed by atoms with van der Waals surface area (Å²) in [6, 6.07) is 0.514. The van der Waals surface area contributed by atoms with Crippen molar-refractivity contribution in [2.45, 2.75) is 33.2 Å². The van der Waals surface area contributed by atoms with Gasteiger partial charge in [-0.1, -0.05) is 20.3 Å². The van der Waals surface area contributed by atoms with Crippen LogP contribution in [0.2, 0.25) is 0 Å². The quantitative estimate of drug-likeness (QED) is 0.636. The molecule has 2 heteroatoms. The lowest BCUT2D eigenvalue weighted by Gasteiger charge is -2.21. The molecule has 0 aromatic rings. The van der Waals surface area contributed by atoms with Gasteiger partial charge in [0.2, 0.25) is 0 Å². The Labute approximate surface area is 70.3 Å². The Morgan fingerprint density at radius 3 is 2.36 bits per heavy atom. The van der Waals surface area contributed by atoms with E-state index in [-0.39, 0.29) is 0 Å². The van der Waals surface area contributed by atoms with E-state index in [1.165, 1.54) is 6.42 Å².